The van der Waals surface area contributed by atoms with Crippen LogP contribution in [-0.4, -0.2) is 34.2 Å². The van der Waals surface area contributed by atoms with E-state index in [2.05, 4.69) is 10.3 Å². The molecule has 1 aromatic heterocycles. The number of amides is 1. The molecule has 1 saturated heterocycles. The van der Waals surface area contributed by atoms with E-state index in [0.29, 0.717) is 41.0 Å². The molecule has 1 aromatic carbocycles. The molecule has 0 aliphatic carbocycles. The third-order valence-corrected chi connectivity index (χ3v) is 4.52. The second kappa shape index (κ2) is 5.90. The van der Waals surface area contributed by atoms with Gasteiger partial charge in [-0.25, -0.2) is 0 Å². The molecule has 1 unspecified atom stereocenters. The topological polar surface area (TPSA) is 76.1 Å². The fourth-order valence-corrected chi connectivity index (χ4v) is 3.12. The lowest BCUT2D eigenvalue weighted by Crippen LogP contribution is -2.46. The highest BCUT2D eigenvalue weighted by molar-refractivity contribution is 7.71. The van der Waals surface area contributed by atoms with Gasteiger partial charge in [0.05, 0.1) is 23.0 Å². The molecule has 1 atom stereocenters. The first kappa shape index (κ1) is 15.9. The second-order valence-corrected chi connectivity index (χ2v) is 6.44. The van der Waals surface area contributed by atoms with Crippen molar-refractivity contribution in [2.75, 3.05) is 13.2 Å². The zero-order chi connectivity index (χ0) is 16.6. The van der Waals surface area contributed by atoms with Crippen LogP contribution >= 0.6 is 12.2 Å². The highest BCUT2D eigenvalue weighted by Gasteiger charge is 2.31. The second-order valence-electron chi connectivity index (χ2n) is 6.06. The fourth-order valence-electron chi connectivity index (χ4n) is 2.79. The Kier molecular flexibility index (Phi) is 4.08. The van der Waals surface area contributed by atoms with Crippen molar-refractivity contribution in [2.45, 2.75) is 32.4 Å². The number of carbonyl (C=O) groups excluding carboxylic acids is 1. The molecule has 23 heavy (non-hydrogen) atoms. The molecule has 0 saturated carbocycles. The van der Waals surface area contributed by atoms with E-state index in [-0.39, 0.29) is 17.0 Å². The van der Waals surface area contributed by atoms with Crippen LogP contribution in [0.3, 0.4) is 0 Å². The summed E-state index contributed by atoms with van der Waals surface area (Å²) in [5.41, 5.74) is 0.578. The molecule has 1 amide bonds. The van der Waals surface area contributed by atoms with Gasteiger partial charge in [0.25, 0.3) is 11.5 Å². The molecule has 0 spiro atoms. The van der Waals surface area contributed by atoms with Crippen molar-refractivity contribution >= 4 is 29.0 Å². The van der Waals surface area contributed by atoms with Crippen LogP contribution in [0.15, 0.2) is 23.0 Å². The fraction of sp³-hybridized carbons (Fsp3) is 0.438. The van der Waals surface area contributed by atoms with Crippen LogP contribution in [0.5, 0.6) is 0 Å². The standard InChI is InChI=1S/C16H19N3O3S/c1-3-19-14(21)11-5-4-10(8-12(11)17-15(19)23)13(20)18-16(2)6-7-22-9-16/h4-5,8H,3,6-7,9H2,1-2H3,(H,17,23)(H,18,20). The molecule has 6 nitrogen and oxygen atoms in total. The Morgan fingerprint density at radius 3 is 2.96 bits per heavy atom. The zero-order valence-corrected chi connectivity index (χ0v) is 14.0. The molecule has 2 N–H and O–H groups in total. The maximum atomic E-state index is 12.5. The SMILES string of the molecule is CCn1c(=S)[nH]c2cc(C(=O)NC3(C)CCOC3)ccc2c1=O. The van der Waals surface area contributed by atoms with Crippen LogP contribution in [0, 0.1) is 4.77 Å². The Morgan fingerprint density at radius 1 is 1.52 bits per heavy atom. The van der Waals surface area contributed by atoms with E-state index in [9.17, 15) is 9.59 Å². The van der Waals surface area contributed by atoms with Crippen molar-refractivity contribution in [2.24, 2.45) is 0 Å². The van der Waals surface area contributed by atoms with Gasteiger partial charge in [-0.1, -0.05) is 0 Å². The Labute approximate surface area is 138 Å². The summed E-state index contributed by atoms with van der Waals surface area (Å²) in [6.07, 6.45) is 0.788. The van der Waals surface area contributed by atoms with E-state index >= 15 is 0 Å². The van der Waals surface area contributed by atoms with Crippen molar-refractivity contribution in [3.05, 3.63) is 38.9 Å². The van der Waals surface area contributed by atoms with Crippen molar-refractivity contribution in [1.29, 1.82) is 0 Å². The van der Waals surface area contributed by atoms with Crippen molar-refractivity contribution in [3.63, 3.8) is 0 Å². The van der Waals surface area contributed by atoms with E-state index in [1.54, 1.807) is 18.2 Å². The summed E-state index contributed by atoms with van der Waals surface area (Å²) in [5, 5.41) is 3.52. The average molecular weight is 333 g/mol. The Balaban J connectivity index is 1.98. The molecule has 0 bridgehead atoms. The minimum absolute atomic E-state index is 0.144. The normalized spacial score (nSPS) is 20.8. The smallest absolute Gasteiger partial charge is 0.262 e. The number of hydrogen-bond donors (Lipinski definition) is 2. The van der Waals surface area contributed by atoms with E-state index in [1.807, 2.05) is 13.8 Å². The van der Waals surface area contributed by atoms with Crippen LogP contribution in [-0.2, 0) is 11.3 Å². The van der Waals surface area contributed by atoms with Gasteiger partial charge in [0.15, 0.2) is 4.77 Å². The molecule has 0 radical (unpaired) electrons. The number of nitrogens with one attached hydrogen (secondary N) is 2. The van der Waals surface area contributed by atoms with E-state index in [0.717, 1.165) is 6.42 Å². The third-order valence-electron chi connectivity index (χ3n) is 4.19. The quantitative estimate of drug-likeness (QED) is 0.842. The Morgan fingerprint density at radius 2 is 2.30 bits per heavy atom. The van der Waals surface area contributed by atoms with Crippen LogP contribution in [0.4, 0.5) is 0 Å². The molecule has 122 valence electrons. The number of fused-ring (bicyclic) bond motifs is 1. The molecule has 3 rings (SSSR count). The van der Waals surface area contributed by atoms with Crippen LogP contribution in [0.1, 0.15) is 30.6 Å². The molecule has 2 aromatic rings. The summed E-state index contributed by atoms with van der Waals surface area (Å²) in [5.74, 6) is -0.182. The van der Waals surface area contributed by atoms with Crippen LogP contribution < -0.4 is 10.9 Å². The van der Waals surface area contributed by atoms with Gasteiger partial charge in [0.1, 0.15) is 0 Å². The van der Waals surface area contributed by atoms with E-state index < -0.39 is 0 Å². The van der Waals surface area contributed by atoms with E-state index in [1.165, 1.54) is 4.57 Å². The summed E-state index contributed by atoms with van der Waals surface area (Å²) in [7, 11) is 0. The third kappa shape index (κ3) is 2.94. The zero-order valence-electron chi connectivity index (χ0n) is 13.1. The summed E-state index contributed by atoms with van der Waals surface area (Å²) in [6, 6.07) is 4.99. The largest absolute Gasteiger partial charge is 0.379 e. The van der Waals surface area contributed by atoms with Gasteiger partial charge in [-0.3, -0.25) is 14.2 Å². The number of ether oxygens (including phenoxy) is 1. The molecular formula is C16H19N3O3S. The Hall–Kier alpha value is -1.99. The molecule has 1 aliphatic heterocycles. The van der Waals surface area contributed by atoms with Crippen LogP contribution in [0.25, 0.3) is 10.9 Å². The lowest BCUT2D eigenvalue weighted by atomic mass is 10.0. The highest BCUT2D eigenvalue weighted by atomic mass is 32.1. The first-order valence-corrected chi connectivity index (χ1v) is 8.01. The predicted molar refractivity (Wildman–Crippen MR) is 90.4 cm³/mol. The molecule has 2 heterocycles. The lowest BCUT2D eigenvalue weighted by molar-refractivity contribution is 0.0890. The summed E-state index contributed by atoms with van der Waals surface area (Å²) in [4.78, 5) is 27.8. The predicted octanol–water partition coefficient (Wildman–Crippen LogP) is 1.99. The first-order valence-electron chi connectivity index (χ1n) is 7.61. The molecular weight excluding hydrogens is 314 g/mol. The van der Waals surface area contributed by atoms with Gasteiger partial charge >= 0.3 is 0 Å². The number of rotatable bonds is 3. The number of benzene rings is 1. The molecule has 1 aliphatic rings. The van der Waals surface area contributed by atoms with Gasteiger partial charge in [-0.15, -0.1) is 0 Å². The number of hydrogen-bond acceptors (Lipinski definition) is 4. The van der Waals surface area contributed by atoms with E-state index in [4.69, 9.17) is 17.0 Å². The van der Waals surface area contributed by atoms with Gasteiger partial charge in [-0.2, -0.15) is 0 Å². The monoisotopic (exact) mass is 333 g/mol. The summed E-state index contributed by atoms with van der Waals surface area (Å²) >= 11 is 5.20. The minimum Gasteiger partial charge on any atom is -0.379 e. The summed E-state index contributed by atoms with van der Waals surface area (Å²) in [6.45, 7) is 5.49. The number of nitrogens with zero attached hydrogens (tertiary/aromatic N) is 1. The van der Waals surface area contributed by atoms with Crippen LogP contribution in [0.2, 0.25) is 0 Å². The number of aromatic nitrogens is 2. The maximum Gasteiger partial charge on any atom is 0.262 e. The van der Waals surface area contributed by atoms with Gasteiger partial charge < -0.3 is 15.0 Å². The highest BCUT2D eigenvalue weighted by Crippen LogP contribution is 2.19. The minimum atomic E-state index is -0.343. The maximum absolute atomic E-state index is 12.5. The average Bonchev–Trinajstić information content (AvgIpc) is 2.93. The van der Waals surface area contributed by atoms with Crippen molar-refractivity contribution < 1.29 is 9.53 Å². The lowest BCUT2D eigenvalue weighted by Gasteiger charge is -2.23. The van der Waals surface area contributed by atoms with Crippen molar-refractivity contribution in [3.8, 4) is 0 Å². The number of carbonyl (C=O) groups is 1. The number of aromatic amines is 1. The first-order chi connectivity index (χ1) is 10.9. The summed E-state index contributed by atoms with van der Waals surface area (Å²) < 4.78 is 7.20. The van der Waals surface area contributed by atoms with Gasteiger partial charge in [0, 0.05) is 18.7 Å². The van der Waals surface area contributed by atoms with Crippen molar-refractivity contribution in [1.82, 2.24) is 14.9 Å². The number of H-pyrrole nitrogens is 1. The van der Waals surface area contributed by atoms with Gasteiger partial charge in [-0.05, 0) is 50.7 Å². The molecule has 7 heteroatoms. The Bertz CT molecular complexity index is 878. The van der Waals surface area contributed by atoms with Gasteiger partial charge in [0.2, 0.25) is 0 Å². The molecule has 1 fully saturated rings.